The van der Waals surface area contributed by atoms with Crippen LogP contribution >= 0.6 is 24.0 Å². The molecule has 2 atom stereocenters. The molecule has 0 bridgehead atoms. The summed E-state index contributed by atoms with van der Waals surface area (Å²) in [7, 11) is 1.72. The summed E-state index contributed by atoms with van der Waals surface area (Å²) in [4.78, 5) is 17.8. The van der Waals surface area contributed by atoms with Crippen molar-refractivity contribution < 1.29 is 13.9 Å². The molecule has 9 heteroatoms. The van der Waals surface area contributed by atoms with Crippen LogP contribution in [0.25, 0.3) is 0 Å². The largest absolute Gasteiger partial charge is 0.489 e. The van der Waals surface area contributed by atoms with E-state index >= 15 is 0 Å². The number of likely N-dealkylation sites (tertiary alicyclic amines) is 1. The molecule has 2 rings (SSSR count). The van der Waals surface area contributed by atoms with Crippen LogP contribution in [0.15, 0.2) is 29.3 Å². The van der Waals surface area contributed by atoms with E-state index in [2.05, 4.69) is 20.5 Å². The van der Waals surface area contributed by atoms with E-state index in [-0.39, 0.29) is 47.7 Å². The number of rotatable bonds is 9. The number of halogens is 2. The average Bonchev–Trinajstić information content (AvgIpc) is 2.67. The first-order chi connectivity index (χ1) is 13.5. The van der Waals surface area contributed by atoms with Gasteiger partial charge in [-0.15, -0.1) is 24.0 Å². The van der Waals surface area contributed by atoms with Crippen LogP contribution in [-0.4, -0.2) is 62.6 Å². The summed E-state index contributed by atoms with van der Waals surface area (Å²) in [5.74, 6) is 0.681. The van der Waals surface area contributed by atoms with Crippen LogP contribution in [-0.2, 0) is 4.79 Å². The molecule has 1 heterocycles. The summed E-state index contributed by atoms with van der Waals surface area (Å²) >= 11 is 0. The number of piperidine rings is 1. The summed E-state index contributed by atoms with van der Waals surface area (Å²) < 4.78 is 18.9. The molecule has 1 aliphatic rings. The lowest BCUT2D eigenvalue weighted by molar-refractivity contribution is -0.123. The van der Waals surface area contributed by atoms with Gasteiger partial charge in [0.05, 0.1) is 12.5 Å². The molecule has 1 saturated heterocycles. The fourth-order valence-electron chi connectivity index (χ4n) is 3.28. The highest BCUT2D eigenvalue weighted by Gasteiger charge is 2.23. The maximum absolute atomic E-state index is 13.2. The van der Waals surface area contributed by atoms with Crippen molar-refractivity contribution in [1.82, 2.24) is 15.5 Å². The number of carbonyl (C=O) groups is 1. The van der Waals surface area contributed by atoms with Crippen molar-refractivity contribution >= 4 is 35.8 Å². The van der Waals surface area contributed by atoms with Gasteiger partial charge in [-0.05, 0) is 51.4 Å². The van der Waals surface area contributed by atoms with Gasteiger partial charge in [-0.2, -0.15) is 0 Å². The van der Waals surface area contributed by atoms with Crippen LogP contribution in [0.4, 0.5) is 4.39 Å². The number of ether oxygens (including phenoxy) is 1. The Labute approximate surface area is 189 Å². The number of carbonyl (C=O) groups excluding carboxylic acids is 1. The molecule has 2 unspecified atom stereocenters. The van der Waals surface area contributed by atoms with Crippen LogP contribution in [0.1, 0.15) is 26.2 Å². The Hall–Kier alpha value is -1.62. The minimum atomic E-state index is -0.314. The van der Waals surface area contributed by atoms with Crippen LogP contribution in [0.2, 0.25) is 0 Å². The highest BCUT2D eigenvalue weighted by Crippen LogP contribution is 2.16. The first-order valence-electron chi connectivity index (χ1n) is 9.86. The van der Waals surface area contributed by atoms with Gasteiger partial charge in [0.15, 0.2) is 5.96 Å². The fourth-order valence-corrected chi connectivity index (χ4v) is 3.28. The van der Waals surface area contributed by atoms with Gasteiger partial charge in [-0.25, -0.2) is 4.39 Å². The normalized spacial score (nSPS) is 18.4. The van der Waals surface area contributed by atoms with Gasteiger partial charge in [0, 0.05) is 26.2 Å². The number of amides is 1. The third-order valence-corrected chi connectivity index (χ3v) is 4.77. The summed E-state index contributed by atoms with van der Waals surface area (Å²) in [6.07, 6.45) is 2.73. The molecule has 4 N–H and O–H groups in total. The molecule has 7 nitrogen and oxygen atoms in total. The number of guanidine groups is 1. The number of nitrogens with zero attached hydrogens (tertiary/aromatic N) is 2. The smallest absolute Gasteiger partial charge is 0.221 e. The molecule has 1 fully saturated rings. The lowest BCUT2D eigenvalue weighted by Crippen LogP contribution is -2.44. The van der Waals surface area contributed by atoms with Crippen molar-refractivity contribution in [3.8, 4) is 5.75 Å². The van der Waals surface area contributed by atoms with E-state index in [1.54, 1.807) is 19.2 Å². The molecule has 0 aromatic heterocycles. The quantitative estimate of drug-likeness (QED) is 0.200. The summed E-state index contributed by atoms with van der Waals surface area (Å²) in [5, 5.41) is 6.49. The number of benzene rings is 1. The second-order valence-electron chi connectivity index (χ2n) is 7.16. The van der Waals surface area contributed by atoms with Crippen molar-refractivity contribution in [3.05, 3.63) is 30.1 Å². The van der Waals surface area contributed by atoms with Crippen LogP contribution < -0.4 is 21.1 Å². The molecule has 0 aliphatic carbocycles. The number of aliphatic imine (C=N–C) groups is 1. The molecule has 29 heavy (non-hydrogen) atoms. The molecule has 1 aliphatic heterocycles. The Morgan fingerprint density at radius 3 is 2.93 bits per heavy atom. The SMILES string of the molecule is CN=C(NCCCN1CCCC(C(N)=O)C1)NCC(C)Oc1cccc(F)c1.I. The Bertz CT molecular complexity index is 662. The number of nitrogens with one attached hydrogen (secondary N) is 2. The Kier molecular flexibility index (Phi) is 11.9. The first kappa shape index (κ1) is 25.4. The molecule has 0 spiro atoms. The van der Waals surface area contributed by atoms with Gasteiger partial charge >= 0.3 is 0 Å². The summed E-state index contributed by atoms with van der Waals surface area (Å²) in [6, 6.07) is 6.11. The predicted octanol–water partition coefficient (Wildman–Crippen LogP) is 1.96. The molecule has 0 radical (unpaired) electrons. The zero-order valence-corrected chi connectivity index (χ0v) is 19.5. The van der Waals surface area contributed by atoms with Crippen molar-refractivity contribution in [2.75, 3.05) is 39.8 Å². The Morgan fingerprint density at radius 1 is 1.45 bits per heavy atom. The van der Waals surface area contributed by atoms with Crippen LogP contribution in [0.3, 0.4) is 0 Å². The maximum atomic E-state index is 13.2. The summed E-state index contributed by atoms with van der Waals surface area (Å²) in [5.41, 5.74) is 5.42. The lowest BCUT2D eigenvalue weighted by Gasteiger charge is -2.31. The van der Waals surface area contributed by atoms with E-state index in [1.165, 1.54) is 12.1 Å². The van der Waals surface area contributed by atoms with E-state index < -0.39 is 0 Å². The number of nitrogens with two attached hydrogens (primary N) is 1. The first-order valence-corrected chi connectivity index (χ1v) is 9.86. The Balaban J connectivity index is 0.00000420. The molecule has 164 valence electrons. The van der Waals surface area contributed by atoms with Crippen molar-refractivity contribution in [2.45, 2.75) is 32.3 Å². The minimum absolute atomic E-state index is 0. The maximum Gasteiger partial charge on any atom is 0.221 e. The predicted molar refractivity (Wildman–Crippen MR) is 124 cm³/mol. The molecular weight excluding hydrogens is 488 g/mol. The van der Waals surface area contributed by atoms with Crippen molar-refractivity contribution in [1.29, 1.82) is 0 Å². The highest BCUT2D eigenvalue weighted by atomic mass is 127. The third kappa shape index (κ3) is 9.62. The monoisotopic (exact) mass is 521 g/mol. The number of primary amides is 1. The second kappa shape index (κ2) is 13.6. The van der Waals surface area contributed by atoms with E-state index in [4.69, 9.17) is 10.5 Å². The van der Waals surface area contributed by atoms with Gasteiger partial charge in [0.1, 0.15) is 17.7 Å². The molecule has 1 aromatic rings. The molecule has 0 saturated carbocycles. The highest BCUT2D eigenvalue weighted by molar-refractivity contribution is 14.0. The lowest BCUT2D eigenvalue weighted by atomic mass is 9.97. The van der Waals surface area contributed by atoms with E-state index in [0.717, 1.165) is 45.4 Å². The standard InChI is InChI=1S/C20H32FN5O2.HI/c1-15(28-18-8-3-7-17(21)12-18)13-25-20(23-2)24-9-5-11-26-10-4-6-16(14-26)19(22)27;/h3,7-8,12,15-16H,4-6,9-11,13-14H2,1-2H3,(H2,22,27)(H2,23,24,25);1H. The zero-order chi connectivity index (χ0) is 20.4. The minimum Gasteiger partial charge on any atom is -0.489 e. The fraction of sp³-hybridized carbons (Fsp3) is 0.600. The van der Waals surface area contributed by atoms with Crippen LogP contribution in [0, 0.1) is 11.7 Å². The van der Waals surface area contributed by atoms with Gasteiger partial charge in [0.2, 0.25) is 5.91 Å². The Morgan fingerprint density at radius 2 is 2.24 bits per heavy atom. The van der Waals surface area contributed by atoms with Crippen molar-refractivity contribution in [2.24, 2.45) is 16.6 Å². The average molecular weight is 521 g/mol. The van der Waals surface area contributed by atoms with Gasteiger partial charge in [-0.3, -0.25) is 9.79 Å². The topological polar surface area (TPSA) is 92.0 Å². The zero-order valence-electron chi connectivity index (χ0n) is 17.2. The third-order valence-electron chi connectivity index (χ3n) is 4.77. The number of hydrogen-bond acceptors (Lipinski definition) is 4. The summed E-state index contributed by atoms with van der Waals surface area (Å²) in [6.45, 7) is 5.94. The van der Waals surface area contributed by atoms with E-state index in [1.807, 2.05) is 6.92 Å². The molecule has 1 aromatic carbocycles. The van der Waals surface area contributed by atoms with Crippen molar-refractivity contribution in [3.63, 3.8) is 0 Å². The van der Waals surface area contributed by atoms with Gasteiger partial charge in [-0.1, -0.05) is 6.07 Å². The number of hydrogen-bond donors (Lipinski definition) is 3. The van der Waals surface area contributed by atoms with E-state index in [9.17, 15) is 9.18 Å². The molecule has 1 amide bonds. The van der Waals surface area contributed by atoms with E-state index in [0.29, 0.717) is 18.3 Å². The van der Waals surface area contributed by atoms with Gasteiger partial charge < -0.3 is 26.0 Å². The van der Waals surface area contributed by atoms with Crippen LogP contribution in [0.5, 0.6) is 5.75 Å². The second-order valence-corrected chi connectivity index (χ2v) is 7.16. The van der Waals surface area contributed by atoms with Gasteiger partial charge in [0.25, 0.3) is 0 Å². The molecular formula is C20H33FIN5O2.